The van der Waals surface area contributed by atoms with Gasteiger partial charge in [-0.15, -0.1) is 0 Å². The van der Waals surface area contributed by atoms with E-state index in [1.807, 2.05) is 0 Å². The Labute approximate surface area is 110 Å². The van der Waals surface area contributed by atoms with Crippen molar-refractivity contribution in [2.75, 3.05) is 12.8 Å². The van der Waals surface area contributed by atoms with Crippen LogP contribution >= 0.6 is 7.52 Å². The van der Waals surface area contributed by atoms with Gasteiger partial charge in [-0.25, -0.2) is 5.09 Å². The van der Waals surface area contributed by atoms with Crippen LogP contribution in [0.15, 0.2) is 0 Å². The fourth-order valence-electron chi connectivity index (χ4n) is 1.87. The molecule has 9 heteroatoms. The van der Waals surface area contributed by atoms with Crippen molar-refractivity contribution >= 4 is 19.5 Å². The zero-order valence-corrected chi connectivity index (χ0v) is 11.2. The zero-order valence-electron chi connectivity index (χ0n) is 10.3. The summed E-state index contributed by atoms with van der Waals surface area (Å²) in [5.74, 6) is -2.50. The maximum absolute atomic E-state index is 11.9. The first-order valence-corrected chi connectivity index (χ1v) is 7.80. The van der Waals surface area contributed by atoms with Gasteiger partial charge in [0.1, 0.15) is 6.04 Å². The Hall–Kier alpha value is -0.950. The number of hydrogen-bond acceptors (Lipinski definition) is 4. The third kappa shape index (κ3) is 6.15. The molecule has 0 bridgehead atoms. The first-order valence-electron chi connectivity index (χ1n) is 5.96. The molecular formula is C10H18NO7P. The third-order valence-electron chi connectivity index (χ3n) is 2.78. The summed E-state index contributed by atoms with van der Waals surface area (Å²) in [6.45, 7) is 0.534. The van der Waals surface area contributed by atoms with Crippen LogP contribution in [0.4, 0.5) is 0 Å². The molecule has 0 amide bonds. The SMILES string of the molecule is O=C(O)CCC(NP(=O)(O)CC1CCCO1)C(=O)O. The number of hydrogen-bond donors (Lipinski definition) is 4. The minimum Gasteiger partial charge on any atom is -0.481 e. The molecule has 4 N–H and O–H groups in total. The van der Waals surface area contributed by atoms with Gasteiger partial charge in [-0.2, -0.15) is 0 Å². The van der Waals surface area contributed by atoms with Gasteiger partial charge in [0.15, 0.2) is 0 Å². The minimum absolute atomic E-state index is 0.163. The number of carbonyl (C=O) groups is 2. The van der Waals surface area contributed by atoms with Crippen LogP contribution in [0.5, 0.6) is 0 Å². The molecule has 0 aromatic carbocycles. The molecule has 0 aromatic heterocycles. The fraction of sp³-hybridized carbons (Fsp3) is 0.800. The Morgan fingerprint density at radius 1 is 1.42 bits per heavy atom. The molecule has 0 aromatic rings. The van der Waals surface area contributed by atoms with Gasteiger partial charge in [-0.1, -0.05) is 0 Å². The van der Waals surface area contributed by atoms with Gasteiger partial charge in [0.05, 0.1) is 12.3 Å². The molecule has 1 aliphatic rings. The second kappa shape index (κ2) is 7.00. The van der Waals surface area contributed by atoms with E-state index in [1.165, 1.54) is 0 Å². The number of aliphatic carboxylic acids is 2. The number of rotatable bonds is 8. The molecule has 1 heterocycles. The second-order valence-corrected chi connectivity index (χ2v) is 6.50. The zero-order chi connectivity index (χ0) is 14.5. The Kier molecular flexibility index (Phi) is 5.93. The maximum atomic E-state index is 11.9. The summed E-state index contributed by atoms with van der Waals surface area (Å²) in [5.41, 5.74) is 0. The number of nitrogens with one attached hydrogen (secondary N) is 1. The minimum atomic E-state index is -3.86. The van der Waals surface area contributed by atoms with Crippen LogP contribution < -0.4 is 5.09 Å². The van der Waals surface area contributed by atoms with Gasteiger partial charge in [0.25, 0.3) is 7.52 Å². The van der Waals surface area contributed by atoms with Crippen LogP contribution in [-0.2, 0) is 18.9 Å². The van der Waals surface area contributed by atoms with Crippen LogP contribution in [0, 0.1) is 0 Å². The Bertz CT molecular complexity index is 380. The van der Waals surface area contributed by atoms with Crippen molar-refractivity contribution in [3.63, 3.8) is 0 Å². The predicted molar refractivity (Wildman–Crippen MR) is 65.1 cm³/mol. The normalized spacial score (nSPS) is 23.7. The van der Waals surface area contributed by atoms with Crippen LogP contribution in [0.1, 0.15) is 25.7 Å². The van der Waals surface area contributed by atoms with E-state index in [4.69, 9.17) is 14.9 Å². The number of carboxylic acid groups (broad SMARTS) is 2. The molecular weight excluding hydrogens is 277 g/mol. The maximum Gasteiger partial charge on any atom is 0.321 e. The van der Waals surface area contributed by atoms with E-state index in [2.05, 4.69) is 5.09 Å². The highest BCUT2D eigenvalue weighted by molar-refractivity contribution is 7.56. The fourth-order valence-corrected chi connectivity index (χ4v) is 3.54. The Morgan fingerprint density at radius 2 is 2.11 bits per heavy atom. The van der Waals surface area contributed by atoms with Crippen molar-refractivity contribution in [2.45, 2.75) is 37.8 Å². The number of ether oxygens (including phenoxy) is 1. The molecule has 1 aliphatic heterocycles. The highest BCUT2D eigenvalue weighted by Gasteiger charge is 2.32. The van der Waals surface area contributed by atoms with E-state index in [0.717, 1.165) is 6.42 Å². The van der Waals surface area contributed by atoms with Gasteiger partial charge in [-0.05, 0) is 19.3 Å². The van der Waals surface area contributed by atoms with Crippen LogP contribution in [0.2, 0.25) is 0 Å². The standard InChI is InChI=1S/C10H18NO7P/c12-9(13)4-3-8(10(14)15)11-19(16,17)6-7-2-1-5-18-7/h7-8H,1-6H2,(H,12,13)(H,14,15)(H2,11,16,17). The van der Waals surface area contributed by atoms with E-state index in [-0.39, 0.29) is 25.1 Å². The summed E-state index contributed by atoms with van der Waals surface area (Å²) in [6.07, 6.45) is 0.330. The molecule has 19 heavy (non-hydrogen) atoms. The smallest absolute Gasteiger partial charge is 0.321 e. The third-order valence-corrected chi connectivity index (χ3v) is 4.39. The summed E-state index contributed by atoms with van der Waals surface area (Å²) in [5, 5.41) is 19.5. The molecule has 1 fully saturated rings. The molecule has 0 spiro atoms. The summed E-state index contributed by atoms with van der Waals surface area (Å²) in [6, 6.07) is -1.35. The molecule has 0 radical (unpaired) electrons. The lowest BCUT2D eigenvalue weighted by Gasteiger charge is -2.21. The second-order valence-electron chi connectivity index (χ2n) is 4.47. The molecule has 0 aliphatic carbocycles. The van der Waals surface area contributed by atoms with E-state index < -0.39 is 25.5 Å². The Morgan fingerprint density at radius 3 is 2.58 bits per heavy atom. The van der Waals surface area contributed by atoms with Crippen molar-refractivity contribution in [3.05, 3.63) is 0 Å². The van der Waals surface area contributed by atoms with Crippen molar-refractivity contribution in [3.8, 4) is 0 Å². The Balaban J connectivity index is 2.52. The van der Waals surface area contributed by atoms with Gasteiger partial charge in [0.2, 0.25) is 0 Å². The summed E-state index contributed by atoms with van der Waals surface area (Å²) in [7, 11) is -3.86. The molecule has 3 unspecified atom stereocenters. The first kappa shape index (κ1) is 16.1. The molecule has 110 valence electrons. The van der Waals surface area contributed by atoms with Crippen LogP contribution in [-0.4, -0.2) is 52.0 Å². The number of carboxylic acids is 2. The quantitative estimate of drug-likeness (QED) is 0.468. The van der Waals surface area contributed by atoms with Gasteiger partial charge >= 0.3 is 11.9 Å². The van der Waals surface area contributed by atoms with Crippen LogP contribution in [0.3, 0.4) is 0 Å². The van der Waals surface area contributed by atoms with Crippen molar-refractivity contribution < 1.29 is 34.0 Å². The molecule has 8 nitrogen and oxygen atoms in total. The van der Waals surface area contributed by atoms with Crippen molar-refractivity contribution in [1.29, 1.82) is 0 Å². The summed E-state index contributed by atoms with van der Waals surface area (Å²) in [4.78, 5) is 31.0. The summed E-state index contributed by atoms with van der Waals surface area (Å²) < 4.78 is 17.1. The topological polar surface area (TPSA) is 133 Å². The van der Waals surface area contributed by atoms with E-state index in [1.54, 1.807) is 0 Å². The highest BCUT2D eigenvalue weighted by atomic mass is 31.2. The summed E-state index contributed by atoms with van der Waals surface area (Å²) >= 11 is 0. The van der Waals surface area contributed by atoms with E-state index >= 15 is 0 Å². The molecule has 1 rings (SSSR count). The first-order chi connectivity index (χ1) is 8.80. The lowest BCUT2D eigenvalue weighted by Crippen LogP contribution is -2.36. The molecule has 1 saturated heterocycles. The largest absolute Gasteiger partial charge is 0.481 e. The van der Waals surface area contributed by atoms with Gasteiger partial charge in [0, 0.05) is 13.0 Å². The monoisotopic (exact) mass is 295 g/mol. The van der Waals surface area contributed by atoms with E-state index in [0.29, 0.717) is 13.0 Å². The molecule has 3 atom stereocenters. The van der Waals surface area contributed by atoms with Gasteiger partial charge in [-0.3, -0.25) is 14.2 Å². The van der Waals surface area contributed by atoms with E-state index in [9.17, 15) is 19.0 Å². The van der Waals surface area contributed by atoms with Crippen molar-refractivity contribution in [1.82, 2.24) is 5.09 Å². The van der Waals surface area contributed by atoms with Crippen LogP contribution in [0.25, 0.3) is 0 Å². The highest BCUT2D eigenvalue weighted by Crippen LogP contribution is 2.39. The lowest BCUT2D eigenvalue weighted by molar-refractivity contribution is -0.140. The van der Waals surface area contributed by atoms with Crippen molar-refractivity contribution in [2.24, 2.45) is 0 Å². The average molecular weight is 295 g/mol. The lowest BCUT2D eigenvalue weighted by atomic mass is 10.2. The predicted octanol–water partition coefficient (Wildman–Crippen LogP) is 0.258. The average Bonchev–Trinajstić information content (AvgIpc) is 2.75. The van der Waals surface area contributed by atoms with Gasteiger partial charge < -0.3 is 19.8 Å². The molecule has 0 saturated carbocycles.